The second-order valence-corrected chi connectivity index (χ2v) is 10.6. The van der Waals surface area contributed by atoms with Crippen molar-refractivity contribution in [2.75, 3.05) is 18.4 Å². The molecule has 3 rings (SSSR count). The lowest BCUT2D eigenvalue weighted by molar-refractivity contribution is -0.116. The van der Waals surface area contributed by atoms with Crippen LogP contribution in [0.15, 0.2) is 60.7 Å². The monoisotopic (exact) mass is 460 g/mol. The number of hydrogen-bond donors (Lipinski definition) is 1. The first kappa shape index (κ1) is 25.2. The fourth-order valence-electron chi connectivity index (χ4n) is 3.65. The molecule has 2 aromatic carbocycles. The van der Waals surface area contributed by atoms with E-state index in [1.165, 1.54) is 0 Å². The highest BCUT2D eigenvalue weighted by Crippen LogP contribution is 2.28. The van der Waals surface area contributed by atoms with Crippen molar-refractivity contribution in [2.24, 2.45) is 0 Å². The van der Waals surface area contributed by atoms with E-state index < -0.39 is 0 Å². The van der Waals surface area contributed by atoms with Gasteiger partial charge < -0.3 is 10.2 Å². The average molecular weight is 461 g/mol. The average Bonchev–Trinajstić information content (AvgIpc) is 3.22. The highest BCUT2D eigenvalue weighted by Gasteiger charge is 2.26. The van der Waals surface area contributed by atoms with Crippen molar-refractivity contribution >= 4 is 17.6 Å². The number of rotatable bonds is 6. The van der Waals surface area contributed by atoms with E-state index in [4.69, 9.17) is 5.10 Å². The van der Waals surface area contributed by atoms with Gasteiger partial charge in [0.25, 0.3) is 5.91 Å². The standard InChI is InChI=1S/C28H36N4O2/c1-8-31(26(34)22-16-14-21(15-17-22)20-12-10-9-11-13-20)19-25(33)29-24-18-23(27(2,3)4)30-32(24)28(5,6)7/h9-18H,8,19H2,1-7H3,(H,29,33). The zero-order chi connectivity index (χ0) is 25.1. The summed E-state index contributed by atoms with van der Waals surface area (Å²) in [6.07, 6.45) is 0. The van der Waals surface area contributed by atoms with E-state index in [0.717, 1.165) is 16.8 Å². The number of carbonyl (C=O) groups excluding carboxylic acids is 2. The van der Waals surface area contributed by atoms with Crippen LogP contribution in [0.2, 0.25) is 0 Å². The zero-order valence-electron chi connectivity index (χ0n) is 21.3. The topological polar surface area (TPSA) is 67.2 Å². The molecule has 0 aliphatic carbocycles. The third-order valence-electron chi connectivity index (χ3n) is 5.62. The Morgan fingerprint density at radius 1 is 0.912 bits per heavy atom. The molecular formula is C28H36N4O2. The lowest BCUT2D eigenvalue weighted by atomic mass is 9.92. The Balaban J connectivity index is 1.74. The van der Waals surface area contributed by atoms with Gasteiger partial charge in [-0.15, -0.1) is 0 Å². The zero-order valence-corrected chi connectivity index (χ0v) is 21.3. The van der Waals surface area contributed by atoms with Crippen LogP contribution in [-0.4, -0.2) is 39.6 Å². The van der Waals surface area contributed by atoms with Gasteiger partial charge in [-0.3, -0.25) is 9.59 Å². The Morgan fingerprint density at radius 2 is 1.50 bits per heavy atom. The summed E-state index contributed by atoms with van der Waals surface area (Å²) in [7, 11) is 0. The summed E-state index contributed by atoms with van der Waals surface area (Å²) in [4.78, 5) is 27.6. The summed E-state index contributed by atoms with van der Waals surface area (Å²) in [5.41, 5.74) is 3.16. The summed E-state index contributed by atoms with van der Waals surface area (Å²) in [6, 6.07) is 19.4. The van der Waals surface area contributed by atoms with Crippen molar-refractivity contribution in [3.05, 3.63) is 71.9 Å². The van der Waals surface area contributed by atoms with Crippen molar-refractivity contribution < 1.29 is 9.59 Å². The van der Waals surface area contributed by atoms with Gasteiger partial charge >= 0.3 is 0 Å². The van der Waals surface area contributed by atoms with Gasteiger partial charge in [-0.05, 0) is 51.0 Å². The summed E-state index contributed by atoms with van der Waals surface area (Å²) < 4.78 is 1.84. The van der Waals surface area contributed by atoms with Gasteiger partial charge in [-0.2, -0.15) is 5.10 Å². The van der Waals surface area contributed by atoms with Gasteiger partial charge in [0.2, 0.25) is 5.91 Å². The van der Waals surface area contributed by atoms with E-state index in [1.807, 2.05) is 93.0 Å². The second kappa shape index (κ2) is 9.84. The molecule has 1 heterocycles. The number of amides is 2. The number of aromatic nitrogens is 2. The molecule has 2 amide bonds. The summed E-state index contributed by atoms with van der Waals surface area (Å²) >= 11 is 0. The molecule has 34 heavy (non-hydrogen) atoms. The fourth-order valence-corrected chi connectivity index (χ4v) is 3.65. The van der Waals surface area contributed by atoms with Crippen LogP contribution in [0, 0.1) is 0 Å². The maximum atomic E-state index is 13.1. The van der Waals surface area contributed by atoms with Gasteiger partial charge in [0, 0.05) is 23.6 Å². The van der Waals surface area contributed by atoms with Gasteiger partial charge in [0.1, 0.15) is 12.4 Å². The number of likely N-dealkylation sites (N-methyl/N-ethyl adjacent to an activating group) is 1. The lowest BCUT2D eigenvalue weighted by Gasteiger charge is -2.24. The molecular weight excluding hydrogens is 424 g/mol. The first-order valence-corrected chi connectivity index (χ1v) is 11.8. The highest BCUT2D eigenvalue weighted by atomic mass is 16.2. The molecule has 3 aromatic rings. The normalized spacial score (nSPS) is 11.9. The maximum absolute atomic E-state index is 13.1. The van der Waals surface area contributed by atoms with Gasteiger partial charge in [-0.25, -0.2) is 4.68 Å². The molecule has 0 unspecified atom stereocenters. The predicted molar refractivity (Wildman–Crippen MR) is 138 cm³/mol. The minimum absolute atomic E-state index is 0.0318. The molecule has 1 aromatic heterocycles. The smallest absolute Gasteiger partial charge is 0.254 e. The Morgan fingerprint density at radius 3 is 2.03 bits per heavy atom. The van der Waals surface area contributed by atoms with E-state index in [2.05, 4.69) is 26.1 Å². The quantitative estimate of drug-likeness (QED) is 0.513. The minimum atomic E-state index is -0.299. The van der Waals surface area contributed by atoms with Crippen molar-refractivity contribution in [1.82, 2.24) is 14.7 Å². The largest absolute Gasteiger partial charge is 0.330 e. The highest BCUT2D eigenvalue weighted by molar-refractivity contribution is 5.99. The van der Waals surface area contributed by atoms with Crippen LogP contribution in [0.1, 0.15) is 64.5 Å². The van der Waals surface area contributed by atoms with Crippen molar-refractivity contribution in [2.45, 2.75) is 59.4 Å². The SMILES string of the molecule is CCN(CC(=O)Nc1cc(C(C)(C)C)nn1C(C)(C)C)C(=O)c1ccc(-c2ccccc2)cc1. The van der Waals surface area contributed by atoms with Crippen LogP contribution in [0.4, 0.5) is 5.82 Å². The Labute approximate surface area is 203 Å². The van der Waals surface area contributed by atoms with Crippen LogP contribution in [0.3, 0.4) is 0 Å². The molecule has 1 N–H and O–H groups in total. The van der Waals surface area contributed by atoms with E-state index >= 15 is 0 Å². The molecule has 0 atom stereocenters. The maximum Gasteiger partial charge on any atom is 0.254 e. The van der Waals surface area contributed by atoms with Gasteiger partial charge in [0.15, 0.2) is 0 Å². The summed E-state index contributed by atoms with van der Waals surface area (Å²) in [6.45, 7) is 14.7. The molecule has 0 saturated heterocycles. The van der Waals surface area contributed by atoms with Crippen LogP contribution < -0.4 is 5.32 Å². The van der Waals surface area contributed by atoms with Gasteiger partial charge in [0.05, 0.1) is 11.2 Å². The predicted octanol–water partition coefficient (Wildman–Crippen LogP) is 5.70. The van der Waals surface area contributed by atoms with E-state index in [0.29, 0.717) is 17.9 Å². The summed E-state index contributed by atoms with van der Waals surface area (Å²) in [5.74, 6) is 0.220. The third-order valence-corrected chi connectivity index (χ3v) is 5.62. The molecule has 0 fully saturated rings. The Bertz CT molecular complexity index is 1130. The number of benzene rings is 2. The Hall–Kier alpha value is -3.41. The third kappa shape index (κ3) is 5.93. The molecule has 0 aliphatic heterocycles. The number of anilines is 1. The minimum Gasteiger partial charge on any atom is -0.330 e. The van der Waals surface area contributed by atoms with Crippen LogP contribution in [-0.2, 0) is 15.7 Å². The first-order valence-electron chi connectivity index (χ1n) is 11.8. The number of nitrogens with zero attached hydrogens (tertiary/aromatic N) is 3. The van der Waals surface area contributed by atoms with Crippen molar-refractivity contribution in [3.8, 4) is 11.1 Å². The molecule has 0 aliphatic rings. The van der Waals surface area contributed by atoms with Crippen molar-refractivity contribution in [3.63, 3.8) is 0 Å². The van der Waals surface area contributed by atoms with E-state index in [-0.39, 0.29) is 29.3 Å². The molecule has 180 valence electrons. The Kier molecular flexibility index (Phi) is 7.29. The van der Waals surface area contributed by atoms with Gasteiger partial charge in [-0.1, -0.05) is 63.2 Å². The fraction of sp³-hybridized carbons (Fsp3) is 0.393. The molecule has 6 nitrogen and oxygen atoms in total. The van der Waals surface area contributed by atoms with Crippen LogP contribution in [0.25, 0.3) is 11.1 Å². The molecule has 0 bridgehead atoms. The molecule has 0 saturated carbocycles. The second-order valence-electron chi connectivity index (χ2n) is 10.6. The molecule has 0 spiro atoms. The first-order chi connectivity index (χ1) is 15.9. The van der Waals surface area contributed by atoms with Crippen LogP contribution >= 0.6 is 0 Å². The molecule has 0 radical (unpaired) electrons. The van der Waals surface area contributed by atoms with Crippen molar-refractivity contribution in [1.29, 1.82) is 0 Å². The number of nitrogens with one attached hydrogen (secondary N) is 1. The number of carbonyl (C=O) groups is 2. The number of hydrogen-bond acceptors (Lipinski definition) is 3. The summed E-state index contributed by atoms with van der Waals surface area (Å²) in [5, 5.41) is 7.72. The van der Waals surface area contributed by atoms with Crippen LogP contribution in [0.5, 0.6) is 0 Å². The lowest BCUT2D eigenvalue weighted by Crippen LogP contribution is -2.38. The molecule has 6 heteroatoms. The van der Waals surface area contributed by atoms with E-state index in [1.54, 1.807) is 4.90 Å². The van der Waals surface area contributed by atoms with E-state index in [9.17, 15) is 9.59 Å².